The normalized spacial score (nSPS) is 30.0. The van der Waals surface area contributed by atoms with Crippen LogP contribution < -0.4 is 5.32 Å². The van der Waals surface area contributed by atoms with Gasteiger partial charge in [-0.25, -0.2) is 9.59 Å². The Bertz CT molecular complexity index is 810. The Hall–Kier alpha value is -2.47. The maximum Gasteiger partial charge on any atom is 0.336 e. The number of ketones is 1. The Kier molecular flexibility index (Phi) is 3.65. The van der Waals surface area contributed by atoms with E-state index in [1.165, 1.54) is 7.11 Å². The van der Waals surface area contributed by atoms with E-state index in [2.05, 4.69) is 5.32 Å². The van der Waals surface area contributed by atoms with Crippen LogP contribution in [0.4, 0.5) is 0 Å². The molecule has 2 aliphatic rings. The SMILES string of the molecule is COC(=O)C1=C(C(=O)c2ccccc2)[C@]2(C)N[C@@]1(C)C(C)(C)OC2=O. The van der Waals surface area contributed by atoms with Crippen molar-refractivity contribution < 1.29 is 23.9 Å². The lowest BCUT2D eigenvalue weighted by Gasteiger charge is -2.48. The lowest BCUT2D eigenvalue weighted by molar-refractivity contribution is -0.180. The molecule has 0 saturated carbocycles. The number of cyclic esters (lactones) is 1. The maximum atomic E-state index is 13.2. The van der Waals surface area contributed by atoms with Crippen molar-refractivity contribution in [2.45, 2.75) is 44.4 Å². The molecule has 25 heavy (non-hydrogen) atoms. The van der Waals surface area contributed by atoms with Gasteiger partial charge in [0.05, 0.1) is 18.2 Å². The molecular formula is C19H21NO5. The van der Waals surface area contributed by atoms with E-state index in [0.717, 1.165) is 0 Å². The molecule has 1 aromatic carbocycles. The lowest BCUT2D eigenvalue weighted by Crippen LogP contribution is -2.71. The highest BCUT2D eigenvalue weighted by Crippen LogP contribution is 2.50. The van der Waals surface area contributed by atoms with E-state index in [1.807, 2.05) is 0 Å². The summed E-state index contributed by atoms with van der Waals surface area (Å²) in [4.78, 5) is 38.5. The third-order valence-corrected chi connectivity index (χ3v) is 5.36. The minimum atomic E-state index is -1.42. The van der Waals surface area contributed by atoms with Gasteiger partial charge < -0.3 is 9.47 Å². The van der Waals surface area contributed by atoms with Crippen LogP contribution >= 0.6 is 0 Å². The van der Waals surface area contributed by atoms with Crippen molar-refractivity contribution in [1.29, 1.82) is 0 Å². The number of hydrogen-bond donors (Lipinski definition) is 1. The lowest BCUT2D eigenvalue weighted by atomic mass is 9.77. The van der Waals surface area contributed by atoms with Crippen molar-refractivity contribution in [3.05, 3.63) is 47.0 Å². The average Bonchev–Trinajstić information content (AvgIpc) is 2.81. The van der Waals surface area contributed by atoms with Gasteiger partial charge in [0.2, 0.25) is 0 Å². The van der Waals surface area contributed by atoms with E-state index in [1.54, 1.807) is 58.0 Å². The van der Waals surface area contributed by atoms with E-state index < -0.39 is 34.4 Å². The highest BCUT2D eigenvalue weighted by Gasteiger charge is 2.68. The van der Waals surface area contributed by atoms with Crippen molar-refractivity contribution in [1.82, 2.24) is 5.32 Å². The van der Waals surface area contributed by atoms with Crippen molar-refractivity contribution in [2.75, 3.05) is 7.11 Å². The van der Waals surface area contributed by atoms with Crippen molar-refractivity contribution in [3.63, 3.8) is 0 Å². The van der Waals surface area contributed by atoms with Crippen molar-refractivity contribution in [2.24, 2.45) is 0 Å². The van der Waals surface area contributed by atoms with E-state index in [-0.39, 0.29) is 11.1 Å². The standard InChI is InChI=1S/C19H21NO5/c1-17(2)19(4)13(15(22)24-5)12(18(3,20-19)16(23)25-17)14(21)11-9-7-6-8-10-11/h6-10,20H,1-5H3/t18-,19+/m0/s1. The predicted octanol–water partition coefficient (Wildman–Crippen LogP) is 1.79. The fraction of sp³-hybridized carbons (Fsp3) is 0.421. The summed E-state index contributed by atoms with van der Waals surface area (Å²) in [5, 5.41) is 3.18. The van der Waals surface area contributed by atoms with Crippen molar-refractivity contribution in [3.8, 4) is 0 Å². The number of morpholine rings is 1. The summed E-state index contributed by atoms with van der Waals surface area (Å²) in [6, 6.07) is 8.54. The third kappa shape index (κ3) is 2.17. The largest absolute Gasteiger partial charge is 0.466 e. The Morgan fingerprint density at radius 1 is 1.04 bits per heavy atom. The first-order chi connectivity index (χ1) is 11.6. The van der Waals surface area contributed by atoms with Gasteiger partial charge in [-0.15, -0.1) is 0 Å². The predicted molar refractivity (Wildman–Crippen MR) is 89.9 cm³/mol. The van der Waals surface area contributed by atoms with E-state index in [0.29, 0.717) is 5.56 Å². The number of ether oxygens (including phenoxy) is 2. The molecule has 1 aromatic rings. The van der Waals surface area contributed by atoms with Gasteiger partial charge in [-0.3, -0.25) is 10.1 Å². The van der Waals surface area contributed by atoms with E-state index >= 15 is 0 Å². The molecule has 1 saturated heterocycles. The number of carbonyl (C=O) groups is 3. The molecule has 0 spiro atoms. The summed E-state index contributed by atoms with van der Waals surface area (Å²) in [6.07, 6.45) is 0. The molecule has 6 heteroatoms. The van der Waals surface area contributed by atoms with Gasteiger partial charge in [-0.05, 0) is 27.7 Å². The minimum Gasteiger partial charge on any atom is -0.466 e. The van der Waals surface area contributed by atoms with Crippen LogP contribution in [-0.4, -0.2) is 41.5 Å². The number of benzene rings is 1. The molecule has 2 aliphatic heterocycles. The van der Waals surface area contributed by atoms with Crippen LogP contribution in [-0.2, 0) is 19.1 Å². The van der Waals surface area contributed by atoms with Gasteiger partial charge in [0.25, 0.3) is 0 Å². The minimum absolute atomic E-state index is 0.0867. The fourth-order valence-electron chi connectivity index (χ4n) is 3.65. The number of fused-ring (bicyclic) bond motifs is 2. The van der Waals surface area contributed by atoms with Crippen LogP contribution in [0.2, 0.25) is 0 Å². The molecule has 6 nitrogen and oxygen atoms in total. The van der Waals surface area contributed by atoms with Gasteiger partial charge in [0.1, 0.15) is 11.1 Å². The summed E-state index contributed by atoms with van der Waals surface area (Å²) >= 11 is 0. The molecule has 0 radical (unpaired) electrons. The van der Waals surface area contributed by atoms with Gasteiger partial charge in [-0.1, -0.05) is 30.3 Å². The van der Waals surface area contributed by atoms with Crippen LogP contribution in [0.25, 0.3) is 0 Å². The molecule has 132 valence electrons. The first-order valence-corrected chi connectivity index (χ1v) is 8.04. The molecule has 0 aliphatic carbocycles. The number of esters is 2. The van der Waals surface area contributed by atoms with E-state index in [4.69, 9.17) is 9.47 Å². The molecular weight excluding hydrogens is 322 g/mol. The smallest absolute Gasteiger partial charge is 0.336 e. The average molecular weight is 343 g/mol. The summed E-state index contributed by atoms with van der Waals surface area (Å²) < 4.78 is 10.5. The summed E-state index contributed by atoms with van der Waals surface area (Å²) in [5.74, 6) is -1.63. The van der Waals surface area contributed by atoms with Crippen LogP contribution in [0, 0.1) is 0 Å². The quantitative estimate of drug-likeness (QED) is 0.666. The Labute approximate surface area is 146 Å². The van der Waals surface area contributed by atoms with Crippen LogP contribution in [0.5, 0.6) is 0 Å². The van der Waals surface area contributed by atoms with Gasteiger partial charge in [-0.2, -0.15) is 0 Å². The molecule has 0 amide bonds. The Morgan fingerprint density at radius 3 is 2.20 bits per heavy atom. The molecule has 1 N–H and O–H groups in total. The fourth-order valence-corrected chi connectivity index (χ4v) is 3.65. The second-order valence-electron chi connectivity index (χ2n) is 7.21. The van der Waals surface area contributed by atoms with Crippen LogP contribution in [0.1, 0.15) is 38.1 Å². The second kappa shape index (κ2) is 5.26. The third-order valence-electron chi connectivity index (χ3n) is 5.36. The maximum absolute atomic E-state index is 13.2. The molecule has 2 bridgehead atoms. The zero-order valence-electron chi connectivity index (χ0n) is 14.9. The number of carbonyl (C=O) groups excluding carboxylic acids is 3. The number of hydrogen-bond acceptors (Lipinski definition) is 6. The molecule has 3 rings (SSSR count). The number of rotatable bonds is 3. The zero-order chi connectivity index (χ0) is 18.6. The molecule has 1 fully saturated rings. The monoisotopic (exact) mass is 343 g/mol. The van der Waals surface area contributed by atoms with Gasteiger partial charge in [0, 0.05) is 11.1 Å². The molecule has 2 atom stereocenters. The second-order valence-corrected chi connectivity index (χ2v) is 7.21. The van der Waals surface area contributed by atoms with Gasteiger partial charge in [0.15, 0.2) is 5.78 Å². The number of nitrogens with one attached hydrogen (secondary N) is 1. The topological polar surface area (TPSA) is 81.7 Å². The Morgan fingerprint density at radius 2 is 1.64 bits per heavy atom. The van der Waals surface area contributed by atoms with Crippen molar-refractivity contribution >= 4 is 17.7 Å². The highest BCUT2D eigenvalue weighted by molar-refractivity contribution is 6.20. The summed E-state index contributed by atoms with van der Waals surface area (Å²) in [7, 11) is 1.25. The number of methoxy groups -OCH3 is 1. The first kappa shape index (κ1) is 17.4. The molecule has 2 heterocycles. The number of Topliss-reactive ketones (excluding diaryl/α,β-unsaturated/α-hetero) is 1. The summed E-state index contributed by atoms with van der Waals surface area (Å²) in [5.41, 5.74) is -2.88. The van der Waals surface area contributed by atoms with Crippen LogP contribution in [0.3, 0.4) is 0 Å². The van der Waals surface area contributed by atoms with Crippen LogP contribution in [0.15, 0.2) is 41.5 Å². The zero-order valence-corrected chi connectivity index (χ0v) is 14.9. The summed E-state index contributed by atoms with van der Waals surface area (Å²) in [6.45, 7) is 6.72. The first-order valence-electron chi connectivity index (χ1n) is 8.04. The molecule has 0 unspecified atom stereocenters. The highest BCUT2D eigenvalue weighted by atomic mass is 16.6. The van der Waals surface area contributed by atoms with E-state index in [9.17, 15) is 14.4 Å². The molecule has 0 aromatic heterocycles. The van der Waals surface area contributed by atoms with Gasteiger partial charge >= 0.3 is 11.9 Å². The Balaban J connectivity index is 2.32.